The van der Waals surface area contributed by atoms with Crippen molar-refractivity contribution >= 4 is 11.3 Å². The second-order valence-electron chi connectivity index (χ2n) is 4.42. The monoisotopic (exact) mass is 239 g/mol. The van der Waals surface area contributed by atoms with Gasteiger partial charge in [0.1, 0.15) is 0 Å². The van der Waals surface area contributed by atoms with Crippen LogP contribution in [-0.4, -0.2) is 26.3 Å². The maximum atomic E-state index is 5.56. The van der Waals surface area contributed by atoms with Gasteiger partial charge in [-0.1, -0.05) is 18.9 Å². The van der Waals surface area contributed by atoms with E-state index in [9.17, 15) is 0 Å². The maximum absolute atomic E-state index is 5.56. The lowest BCUT2D eigenvalue weighted by molar-refractivity contribution is 0.130. The fraction of sp³-hybridized carbons (Fsp3) is 0.692. The zero-order valence-corrected chi connectivity index (χ0v) is 10.6. The molecule has 0 bridgehead atoms. The number of nitrogens with one attached hydrogen (secondary N) is 1. The summed E-state index contributed by atoms with van der Waals surface area (Å²) in [6.45, 7) is 3.86. The molecule has 0 saturated heterocycles. The first-order valence-electron chi connectivity index (χ1n) is 6.26. The number of hydrogen-bond acceptors (Lipinski definition) is 3. The molecule has 0 spiro atoms. The molecule has 0 radical (unpaired) electrons. The van der Waals surface area contributed by atoms with Crippen molar-refractivity contribution in [2.45, 2.75) is 25.7 Å². The second-order valence-corrected chi connectivity index (χ2v) is 5.46. The highest BCUT2D eigenvalue weighted by Crippen LogP contribution is 2.31. The standard InChI is InChI=1S/C13H21NOS/c1-2-13(16-11-1)5-7-14-8-10-15-9-6-12-3-4-12/h1-2,11-12,14H,3-10H2. The van der Waals surface area contributed by atoms with Gasteiger partial charge in [-0.2, -0.15) is 0 Å². The van der Waals surface area contributed by atoms with Gasteiger partial charge in [0, 0.05) is 24.6 Å². The molecule has 3 heteroatoms. The molecular formula is C13H21NOS. The van der Waals surface area contributed by atoms with Gasteiger partial charge < -0.3 is 10.1 Å². The Morgan fingerprint density at radius 1 is 1.31 bits per heavy atom. The highest BCUT2D eigenvalue weighted by Gasteiger charge is 2.20. The van der Waals surface area contributed by atoms with Crippen LogP contribution in [0.25, 0.3) is 0 Å². The Bertz CT molecular complexity index is 269. The average molecular weight is 239 g/mol. The van der Waals surface area contributed by atoms with Crippen LogP contribution in [0, 0.1) is 5.92 Å². The number of thiophene rings is 1. The van der Waals surface area contributed by atoms with E-state index in [1.165, 1.54) is 24.1 Å². The van der Waals surface area contributed by atoms with E-state index in [0.29, 0.717) is 0 Å². The molecule has 1 aromatic heterocycles. The zero-order valence-electron chi connectivity index (χ0n) is 9.78. The summed E-state index contributed by atoms with van der Waals surface area (Å²) < 4.78 is 5.56. The van der Waals surface area contributed by atoms with Crippen LogP contribution in [0.5, 0.6) is 0 Å². The average Bonchev–Trinajstić information content (AvgIpc) is 2.97. The SMILES string of the molecule is c1csc(CCNCCOCCC2CC2)c1. The van der Waals surface area contributed by atoms with E-state index in [1.54, 1.807) is 0 Å². The molecule has 1 fully saturated rings. The van der Waals surface area contributed by atoms with E-state index >= 15 is 0 Å². The third kappa shape index (κ3) is 5.10. The lowest BCUT2D eigenvalue weighted by Crippen LogP contribution is -2.22. The molecule has 16 heavy (non-hydrogen) atoms. The third-order valence-electron chi connectivity index (χ3n) is 2.92. The van der Waals surface area contributed by atoms with E-state index in [2.05, 4.69) is 22.8 Å². The molecule has 2 nitrogen and oxygen atoms in total. The fourth-order valence-electron chi connectivity index (χ4n) is 1.69. The van der Waals surface area contributed by atoms with Crippen molar-refractivity contribution in [1.82, 2.24) is 5.32 Å². The van der Waals surface area contributed by atoms with Crippen LogP contribution in [0.3, 0.4) is 0 Å². The molecule has 0 aromatic carbocycles. The predicted molar refractivity (Wildman–Crippen MR) is 69.1 cm³/mol. The number of rotatable bonds is 9. The first kappa shape index (κ1) is 12.1. The van der Waals surface area contributed by atoms with Crippen LogP contribution in [0.15, 0.2) is 17.5 Å². The summed E-state index contributed by atoms with van der Waals surface area (Å²) in [5, 5.41) is 5.54. The van der Waals surface area contributed by atoms with Crippen molar-refractivity contribution in [3.63, 3.8) is 0 Å². The molecule has 0 atom stereocenters. The van der Waals surface area contributed by atoms with Crippen molar-refractivity contribution in [1.29, 1.82) is 0 Å². The topological polar surface area (TPSA) is 21.3 Å². The summed E-state index contributed by atoms with van der Waals surface area (Å²) in [7, 11) is 0. The number of hydrogen-bond donors (Lipinski definition) is 1. The molecule has 1 N–H and O–H groups in total. The molecule has 1 aliphatic rings. The normalized spacial score (nSPS) is 15.5. The van der Waals surface area contributed by atoms with E-state index in [4.69, 9.17) is 4.74 Å². The van der Waals surface area contributed by atoms with Gasteiger partial charge in [-0.3, -0.25) is 0 Å². The van der Waals surface area contributed by atoms with Gasteiger partial charge in [0.25, 0.3) is 0 Å². The van der Waals surface area contributed by atoms with Gasteiger partial charge in [0.2, 0.25) is 0 Å². The molecular weight excluding hydrogens is 218 g/mol. The van der Waals surface area contributed by atoms with Gasteiger partial charge in [-0.15, -0.1) is 11.3 Å². The van der Waals surface area contributed by atoms with E-state index < -0.39 is 0 Å². The zero-order chi connectivity index (χ0) is 11.1. The third-order valence-corrected chi connectivity index (χ3v) is 3.85. The lowest BCUT2D eigenvalue weighted by Gasteiger charge is -2.05. The Morgan fingerprint density at radius 2 is 2.25 bits per heavy atom. The van der Waals surface area contributed by atoms with Crippen molar-refractivity contribution in [2.75, 3.05) is 26.3 Å². The van der Waals surface area contributed by atoms with Crippen LogP contribution in [0.2, 0.25) is 0 Å². The van der Waals surface area contributed by atoms with E-state index in [-0.39, 0.29) is 0 Å². The minimum Gasteiger partial charge on any atom is -0.380 e. The minimum absolute atomic E-state index is 0.858. The molecule has 0 amide bonds. The Hall–Kier alpha value is -0.380. The summed E-state index contributed by atoms with van der Waals surface area (Å²) in [5.74, 6) is 0.992. The summed E-state index contributed by atoms with van der Waals surface area (Å²) in [6.07, 6.45) is 5.28. The first-order valence-corrected chi connectivity index (χ1v) is 7.14. The molecule has 0 unspecified atom stereocenters. The fourth-order valence-corrected chi connectivity index (χ4v) is 2.40. The molecule has 0 aliphatic heterocycles. The van der Waals surface area contributed by atoms with Crippen molar-refractivity contribution < 1.29 is 4.74 Å². The molecule has 1 aliphatic carbocycles. The van der Waals surface area contributed by atoms with Gasteiger partial charge in [-0.25, -0.2) is 0 Å². The Labute approximate surface area is 102 Å². The first-order chi connectivity index (χ1) is 7.95. The summed E-state index contributed by atoms with van der Waals surface area (Å²) in [5.41, 5.74) is 0. The van der Waals surface area contributed by atoms with Crippen molar-refractivity contribution in [2.24, 2.45) is 5.92 Å². The summed E-state index contributed by atoms with van der Waals surface area (Å²) in [6, 6.07) is 4.31. The molecule has 1 aromatic rings. The molecule has 1 heterocycles. The Balaban J connectivity index is 1.34. The van der Waals surface area contributed by atoms with Gasteiger partial charge >= 0.3 is 0 Å². The van der Waals surface area contributed by atoms with Crippen molar-refractivity contribution in [3.05, 3.63) is 22.4 Å². The Kier molecular flexibility index (Phi) is 5.32. The molecule has 1 saturated carbocycles. The molecule has 2 rings (SSSR count). The quantitative estimate of drug-likeness (QED) is 0.669. The van der Waals surface area contributed by atoms with Gasteiger partial charge in [0.05, 0.1) is 6.61 Å². The predicted octanol–water partition coefficient (Wildman–Crippen LogP) is 2.70. The van der Waals surface area contributed by atoms with Crippen LogP contribution in [-0.2, 0) is 11.2 Å². The van der Waals surface area contributed by atoms with Crippen molar-refractivity contribution in [3.8, 4) is 0 Å². The summed E-state index contributed by atoms with van der Waals surface area (Å²) >= 11 is 1.83. The van der Waals surface area contributed by atoms with Crippen LogP contribution < -0.4 is 5.32 Å². The highest BCUT2D eigenvalue weighted by atomic mass is 32.1. The van der Waals surface area contributed by atoms with Crippen LogP contribution >= 0.6 is 11.3 Å². The second kappa shape index (κ2) is 7.05. The smallest absolute Gasteiger partial charge is 0.0590 e. The largest absolute Gasteiger partial charge is 0.380 e. The Morgan fingerprint density at radius 3 is 3.00 bits per heavy atom. The van der Waals surface area contributed by atoms with Gasteiger partial charge in [0.15, 0.2) is 0 Å². The number of ether oxygens (including phenoxy) is 1. The lowest BCUT2D eigenvalue weighted by atomic mass is 10.3. The van der Waals surface area contributed by atoms with Gasteiger partial charge in [-0.05, 0) is 30.2 Å². The minimum atomic E-state index is 0.858. The van der Waals surface area contributed by atoms with E-state index in [0.717, 1.165) is 38.6 Å². The maximum Gasteiger partial charge on any atom is 0.0590 e. The van der Waals surface area contributed by atoms with E-state index in [1.807, 2.05) is 11.3 Å². The van der Waals surface area contributed by atoms with Crippen LogP contribution in [0.1, 0.15) is 24.1 Å². The highest BCUT2D eigenvalue weighted by molar-refractivity contribution is 7.09. The summed E-state index contributed by atoms with van der Waals surface area (Å²) in [4.78, 5) is 1.46. The molecule has 90 valence electrons. The van der Waals surface area contributed by atoms with Crippen LogP contribution in [0.4, 0.5) is 0 Å².